The van der Waals surface area contributed by atoms with Gasteiger partial charge in [0.25, 0.3) is 0 Å². The van der Waals surface area contributed by atoms with Crippen molar-refractivity contribution in [3.8, 4) is 0 Å². The van der Waals surface area contributed by atoms with E-state index < -0.39 is 0 Å². The van der Waals surface area contributed by atoms with Gasteiger partial charge in [-0.3, -0.25) is 4.79 Å². The van der Waals surface area contributed by atoms with Gasteiger partial charge in [0.15, 0.2) is 0 Å². The van der Waals surface area contributed by atoms with E-state index in [0.717, 1.165) is 19.5 Å². The van der Waals surface area contributed by atoms with E-state index in [9.17, 15) is 4.79 Å². The molecule has 0 aromatic heterocycles. The number of carbonyl (C=O) groups excluding carboxylic acids is 1. The molecule has 0 fully saturated rings. The van der Waals surface area contributed by atoms with Crippen LogP contribution in [0.1, 0.15) is 63.5 Å². The lowest BCUT2D eigenvalue weighted by molar-refractivity contribution is -0.121. The molecule has 0 saturated heterocycles. The van der Waals surface area contributed by atoms with Crippen LogP contribution in [0, 0.1) is 0 Å². The molecule has 1 amide bonds. The van der Waals surface area contributed by atoms with Gasteiger partial charge in [0.1, 0.15) is 0 Å². The third kappa shape index (κ3) is 6.76. The van der Waals surface area contributed by atoms with E-state index in [1.807, 2.05) is 0 Å². The molecule has 1 aromatic rings. The van der Waals surface area contributed by atoms with Gasteiger partial charge in [0.05, 0.1) is 0 Å². The third-order valence-corrected chi connectivity index (χ3v) is 3.71. The molecule has 3 nitrogen and oxygen atoms in total. The first-order valence-corrected chi connectivity index (χ1v) is 8.11. The summed E-state index contributed by atoms with van der Waals surface area (Å²) in [5, 5.41) is 6.25. The molecule has 0 spiro atoms. The number of nitrogens with one attached hydrogen (secondary N) is 2. The quantitative estimate of drug-likeness (QED) is 0.684. The summed E-state index contributed by atoms with van der Waals surface area (Å²) in [6, 6.07) is 8.64. The minimum atomic E-state index is 0.133. The Morgan fingerprint density at radius 1 is 1.00 bits per heavy atom. The van der Waals surface area contributed by atoms with Crippen LogP contribution in [-0.2, 0) is 4.79 Å². The summed E-state index contributed by atoms with van der Waals surface area (Å²) in [5.41, 5.74) is 2.58. The standard InChI is InChI=1S/C18H30N2O/c1-5-10-19-11-12-20-18(21)13-15(4)17-8-6-16(7-9-17)14(2)3/h6-9,14-15,19H,5,10-13H2,1-4H3,(H,20,21). The van der Waals surface area contributed by atoms with E-state index >= 15 is 0 Å². The van der Waals surface area contributed by atoms with E-state index in [4.69, 9.17) is 0 Å². The highest BCUT2D eigenvalue weighted by molar-refractivity contribution is 5.76. The molecular formula is C18H30N2O. The van der Waals surface area contributed by atoms with E-state index in [2.05, 4.69) is 62.6 Å². The lowest BCUT2D eigenvalue weighted by atomic mass is 9.94. The van der Waals surface area contributed by atoms with Gasteiger partial charge < -0.3 is 10.6 Å². The summed E-state index contributed by atoms with van der Waals surface area (Å²) < 4.78 is 0. The number of rotatable bonds is 9. The smallest absolute Gasteiger partial charge is 0.220 e. The summed E-state index contributed by atoms with van der Waals surface area (Å²) >= 11 is 0. The van der Waals surface area contributed by atoms with Crippen LogP contribution in [0.25, 0.3) is 0 Å². The van der Waals surface area contributed by atoms with Gasteiger partial charge in [-0.05, 0) is 35.9 Å². The van der Waals surface area contributed by atoms with E-state index in [1.54, 1.807) is 0 Å². The molecular weight excluding hydrogens is 260 g/mol. The van der Waals surface area contributed by atoms with E-state index in [0.29, 0.717) is 18.9 Å². The van der Waals surface area contributed by atoms with Crippen LogP contribution < -0.4 is 10.6 Å². The van der Waals surface area contributed by atoms with Crippen molar-refractivity contribution < 1.29 is 4.79 Å². The molecule has 1 unspecified atom stereocenters. The molecule has 0 aliphatic carbocycles. The first kappa shape index (κ1) is 17.7. The van der Waals surface area contributed by atoms with E-state index in [-0.39, 0.29) is 11.8 Å². The van der Waals surface area contributed by atoms with Crippen molar-refractivity contribution in [2.24, 2.45) is 0 Å². The maximum absolute atomic E-state index is 11.9. The highest BCUT2D eigenvalue weighted by atomic mass is 16.1. The number of benzene rings is 1. The van der Waals surface area contributed by atoms with Gasteiger partial charge in [-0.15, -0.1) is 0 Å². The SMILES string of the molecule is CCCNCCNC(=O)CC(C)c1ccc(C(C)C)cc1. The largest absolute Gasteiger partial charge is 0.355 e. The van der Waals surface area contributed by atoms with Gasteiger partial charge in [0.2, 0.25) is 5.91 Å². The van der Waals surface area contributed by atoms with Crippen LogP contribution in [-0.4, -0.2) is 25.5 Å². The predicted molar refractivity (Wildman–Crippen MR) is 89.7 cm³/mol. The molecule has 2 N–H and O–H groups in total. The van der Waals surface area contributed by atoms with Gasteiger partial charge in [-0.2, -0.15) is 0 Å². The minimum absolute atomic E-state index is 0.133. The van der Waals surface area contributed by atoms with Crippen LogP contribution in [0.5, 0.6) is 0 Å². The Labute approximate surface area is 129 Å². The number of hydrogen-bond acceptors (Lipinski definition) is 2. The summed E-state index contributed by atoms with van der Waals surface area (Å²) in [6.45, 7) is 11.2. The molecule has 1 rings (SSSR count). The Hall–Kier alpha value is -1.35. The number of amides is 1. The first-order chi connectivity index (χ1) is 10.0. The Morgan fingerprint density at radius 3 is 2.19 bits per heavy atom. The zero-order chi connectivity index (χ0) is 15.7. The molecule has 1 aromatic carbocycles. The van der Waals surface area contributed by atoms with Gasteiger partial charge in [0, 0.05) is 19.5 Å². The number of carbonyl (C=O) groups is 1. The monoisotopic (exact) mass is 290 g/mol. The van der Waals surface area contributed by atoms with Crippen molar-refractivity contribution in [3.63, 3.8) is 0 Å². The molecule has 0 radical (unpaired) electrons. The lowest BCUT2D eigenvalue weighted by Crippen LogP contribution is -2.32. The van der Waals surface area contributed by atoms with Crippen molar-refractivity contribution in [2.45, 2.75) is 52.4 Å². The Bertz CT molecular complexity index is 412. The average molecular weight is 290 g/mol. The average Bonchev–Trinajstić information content (AvgIpc) is 2.47. The number of hydrogen-bond donors (Lipinski definition) is 2. The Kier molecular flexibility index (Phi) is 8.06. The fraction of sp³-hybridized carbons (Fsp3) is 0.611. The van der Waals surface area contributed by atoms with Crippen molar-refractivity contribution in [1.29, 1.82) is 0 Å². The summed E-state index contributed by atoms with van der Waals surface area (Å²) in [6.07, 6.45) is 1.67. The second kappa shape index (κ2) is 9.56. The molecule has 3 heteroatoms. The van der Waals surface area contributed by atoms with Gasteiger partial charge >= 0.3 is 0 Å². The van der Waals surface area contributed by atoms with Crippen LogP contribution in [0.2, 0.25) is 0 Å². The topological polar surface area (TPSA) is 41.1 Å². The van der Waals surface area contributed by atoms with Crippen LogP contribution in [0.3, 0.4) is 0 Å². The molecule has 21 heavy (non-hydrogen) atoms. The second-order valence-electron chi connectivity index (χ2n) is 6.03. The zero-order valence-corrected chi connectivity index (χ0v) is 13.9. The third-order valence-electron chi connectivity index (χ3n) is 3.71. The maximum Gasteiger partial charge on any atom is 0.220 e. The molecule has 0 aliphatic rings. The summed E-state index contributed by atoms with van der Waals surface area (Å²) in [4.78, 5) is 11.9. The van der Waals surface area contributed by atoms with Crippen molar-refractivity contribution in [3.05, 3.63) is 35.4 Å². The normalized spacial score (nSPS) is 12.4. The van der Waals surface area contributed by atoms with Crippen molar-refractivity contribution in [1.82, 2.24) is 10.6 Å². The molecule has 1 atom stereocenters. The van der Waals surface area contributed by atoms with Crippen LogP contribution in [0.15, 0.2) is 24.3 Å². The maximum atomic E-state index is 11.9. The van der Waals surface area contributed by atoms with Gasteiger partial charge in [-0.1, -0.05) is 52.0 Å². The van der Waals surface area contributed by atoms with Crippen molar-refractivity contribution in [2.75, 3.05) is 19.6 Å². The predicted octanol–water partition coefficient (Wildman–Crippen LogP) is 3.42. The first-order valence-electron chi connectivity index (χ1n) is 8.11. The molecule has 0 aliphatic heterocycles. The minimum Gasteiger partial charge on any atom is -0.355 e. The van der Waals surface area contributed by atoms with E-state index in [1.165, 1.54) is 11.1 Å². The lowest BCUT2D eigenvalue weighted by Gasteiger charge is -2.14. The van der Waals surface area contributed by atoms with Gasteiger partial charge in [-0.25, -0.2) is 0 Å². The Morgan fingerprint density at radius 2 is 1.62 bits per heavy atom. The highest BCUT2D eigenvalue weighted by Gasteiger charge is 2.11. The zero-order valence-electron chi connectivity index (χ0n) is 13.9. The molecule has 118 valence electrons. The summed E-state index contributed by atoms with van der Waals surface area (Å²) in [5.74, 6) is 0.942. The summed E-state index contributed by atoms with van der Waals surface area (Å²) in [7, 11) is 0. The van der Waals surface area contributed by atoms with Crippen molar-refractivity contribution >= 4 is 5.91 Å². The van der Waals surface area contributed by atoms with Crippen LogP contribution in [0.4, 0.5) is 0 Å². The second-order valence-corrected chi connectivity index (χ2v) is 6.03. The molecule has 0 saturated carbocycles. The molecule has 0 bridgehead atoms. The Balaban J connectivity index is 2.34. The highest BCUT2D eigenvalue weighted by Crippen LogP contribution is 2.22. The van der Waals surface area contributed by atoms with Crippen LogP contribution >= 0.6 is 0 Å². The molecule has 0 heterocycles. The fourth-order valence-electron chi connectivity index (χ4n) is 2.27. The fourth-order valence-corrected chi connectivity index (χ4v) is 2.27.